The molecule has 0 radical (unpaired) electrons. The van der Waals surface area contributed by atoms with Crippen molar-refractivity contribution in [1.82, 2.24) is 5.32 Å². The monoisotopic (exact) mass is 383 g/mol. The minimum absolute atomic E-state index is 0.0567. The van der Waals surface area contributed by atoms with Crippen molar-refractivity contribution in [2.24, 2.45) is 0 Å². The highest BCUT2D eigenvalue weighted by molar-refractivity contribution is 6.04. The first-order chi connectivity index (χ1) is 13.4. The van der Waals surface area contributed by atoms with Crippen LogP contribution in [-0.2, 0) is 6.54 Å². The highest BCUT2D eigenvalue weighted by Crippen LogP contribution is 2.33. The molecule has 2 aromatic carbocycles. The Hall–Kier alpha value is -3.42. The molecule has 0 bridgehead atoms. The SMILES string of the molecule is CCC(Nc1c(Nc2c(F)ccc3c2C(=O)NC3)c(=O)c1=O)c1ccc(C)o1. The van der Waals surface area contributed by atoms with Crippen LogP contribution >= 0.6 is 0 Å². The molecule has 2 heterocycles. The van der Waals surface area contributed by atoms with Crippen molar-refractivity contribution in [3.63, 3.8) is 0 Å². The van der Waals surface area contributed by atoms with Gasteiger partial charge < -0.3 is 20.4 Å². The van der Waals surface area contributed by atoms with Gasteiger partial charge in [-0.15, -0.1) is 0 Å². The lowest BCUT2D eigenvalue weighted by Crippen LogP contribution is -2.37. The largest absolute Gasteiger partial charge is 0.464 e. The molecule has 7 nitrogen and oxygen atoms in total. The summed E-state index contributed by atoms with van der Waals surface area (Å²) in [7, 11) is 0. The Balaban J connectivity index is 1.68. The molecule has 0 saturated carbocycles. The van der Waals surface area contributed by atoms with E-state index in [1.54, 1.807) is 6.07 Å². The molecule has 1 aliphatic rings. The van der Waals surface area contributed by atoms with Gasteiger partial charge in [-0.1, -0.05) is 13.0 Å². The van der Waals surface area contributed by atoms with Crippen LogP contribution in [0.15, 0.2) is 38.3 Å². The zero-order valence-corrected chi connectivity index (χ0v) is 15.3. The maximum atomic E-state index is 14.4. The number of fused-ring (bicyclic) bond motifs is 1. The summed E-state index contributed by atoms with van der Waals surface area (Å²) in [6, 6.07) is 6.01. The predicted molar refractivity (Wildman–Crippen MR) is 102 cm³/mol. The zero-order chi connectivity index (χ0) is 20.0. The quantitative estimate of drug-likeness (QED) is 0.566. The van der Waals surface area contributed by atoms with Gasteiger partial charge in [-0.3, -0.25) is 14.4 Å². The lowest BCUT2D eigenvalue weighted by Gasteiger charge is -2.21. The fourth-order valence-corrected chi connectivity index (χ4v) is 3.38. The minimum atomic E-state index is -0.761. The van der Waals surface area contributed by atoms with Crippen molar-refractivity contribution >= 4 is 23.0 Å². The lowest BCUT2D eigenvalue weighted by atomic mass is 10.1. The third-order valence-electron chi connectivity index (χ3n) is 4.90. The Morgan fingerprint density at radius 2 is 1.86 bits per heavy atom. The molecule has 0 saturated heterocycles. The number of furan rings is 1. The zero-order valence-electron chi connectivity index (χ0n) is 15.3. The highest BCUT2D eigenvalue weighted by Gasteiger charge is 2.29. The van der Waals surface area contributed by atoms with Crippen molar-refractivity contribution < 1.29 is 13.6 Å². The van der Waals surface area contributed by atoms with Crippen molar-refractivity contribution in [3.05, 3.63) is 73.2 Å². The molecule has 0 fully saturated rings. The average Bonchev–Trinajstić information content (AvgIpc) is 3.28. The minimum Gasteiger partial charge on any atom is -0.464 e. The number of anilines is 3. The van der Waals surface area contributed by atoms with Crippen LogP contribution in [0.4, 0.5) is 21.5 Å². The first kappa shape index (κ1) is 18.0. The summed E-state index contributed by atoms with van der Waals surface area (Å²) in [6.45, 7) is 4.00. The number of halogens is 1. The van der Waals surface area contributed by atoms with Crippen LogP contribution in [0.2, 0.25) is 0 Å². The van der Waals surface area contributed by atoms with Crippen LogP contribution in [-0.4, -0.2) is 5.91 Å². The van der Waals surface area contributed by atoms with Gasteiger partial charge in [0.1, 0.15) is 28.7 Å². The molecule has 0 spiro atoms. The fourth-order valence-electron chi connectivity index (χ4n) is 3.38. The topological polar surface area (TPSA) is 100 Å². The van der Waals surface area contributed by atoms with Crippen molar-refractivity contribution in [3.8, 4) is 0 Å². The van der Waals surface area contributed by atoms with Gasteiger partial charge in [0.15, 0.2) is 0 Å². The predicted octanol–water partition coefficient (Wildman–Crippen LogP) is 2.87. The molecule has 144 valence electrons. The molecule has 28 heavy (non-hydrogen) atoms. The summed E-state index contributed by atoms with van der Waals surface area (Å²) in [5.74, 6) is 0.253. The number of carbonyl (C=O) groups is 1. The molecule has 0 aliphatic carbocycles. The molecular weight excluding hydrogens is 365 g/mol. The number of hydrogen-bond acceptors (Lipinski definition) is 6. The summed E-state index contributed by atoms with van der Waals surface area (Å²) in [5.41, 5.74) is -0.790. The molecule has 1 unspecified atom stereocenters. The summed E-state index contributed by atoms with van der Waals surface area (Å²) in [4.78, 5) is 36.3. The standard InChI is InChI=1S/C20H18FN3O4/c1-3-12(13-7-4-9(2)28-13)23-16-17(19(26)18(16)25)24-15-11(21)6-5-10-8-22-20(27)14(10)15/h4-7,12,23-24H,3,8H2,1-2H3,(H,22,27). The van der Waals surface area contributed by atoms with Gasteiger partial charge in [-0.2, -0.15) is 0 Å². The van der Waals surface area contributed by atoms with Gasteiger partial charge in [-0.05, 0) is 37.1 Å². The van der Waals surface area contributed by atoms with E-state index in [0.29, 0.717) is 17.7 Å². The molecule has 1 aliphatic heterocycles. The van der Waals surface area contributed by atoms with E-state index in [9.17, 15) is 18.8 Å². The van der Waals surface area contributed by atoms with Crippen LogP contribution in [0.5, 0.6) is 0 Å². The van der Waals surface area contributed by atoms with Crippen LogP contribution in [0.25, 0.3) is 0 Å². The average molecular weight is 383 g/mol. The number of benzene rings is 1. The maximum absolute atomic E-state index is 14.4. The van der Waals surface area contributed by atoms with Crippen molar-refractivity contribution in [1.29, 1.82) is 0 Å². The van der Waals surface area contributed by atoms with Gasteiger partial charge in [0.2, 0.25) is 0 Å². The summed E-state index contributed by atoms with van der Waals surface area (Å²) in [5, 5.41) is 8.30. The van der Waals surface area contributed by atoms with Crippen LogP contribution in [0.1, 0.15) is 46.8 Å². The lowest BCUT2D eigenvalue weighted by molar-refractivity contribution is 0.0966. The smallest absolute Gasteiger partial charge is 0.254 e. The van der Waals surface area contributed by atoms with Gasteiger partial charge in [0.05, 0.1) is 17.3 Å². The van der Waals surface area contributed by atoms with E-state index in [0.717, 1.165) is 5.76 Å². The molecule has 1 atom stereocenters. The molecule has 1 amide bonds. The Kier molecular flexibility index (Phi) is 4.26. The Morgan fingerprint density at radius 3 is 2.54 bits per heavy atom. The highest BCUT2D eigenvalue weighted by atomic mass is 19.1. The molecular formula is C20H18FN3O4. The normalized spacial score (nSPS) is 14.0. The van der Waals surface area contributed by atoms with Gasteiger partial charge in [0, 0.05) is 6.54 Å². The molecule has 1 aromatic heterocycles. The van der Waals surface area contributed by atoms with Gasteiger partial charge in [-0.25, -0.2) is 4.39 Å². The second-order valence-electron chi connectivity index (χ2n) is 6.73. The van der Waals surface area contributed by atoms with E-state index in [4.69, 9.17) is 4.42 Å². The first-order valence-electron chi connectivity index (χ1n) is 8.93. The number of hydrogen-bond donors (Lipinski definition) is 3. The number of amides is 1. The second kappa shape index (κ2) is 6.63. The Bertz CT molecular complexity index is 1160. The maximum Gasteiger partial charge on any atom is 0.254 e. The number of aryl methyl sites for hydroxylation is 1. The Labute approximate surface area is 159 Å². The second-order valence-corrected chi connectivity index (χ2v) is 6.73. The third kappa shape index (κ3) is 2.77. The molecule has 3 N–H and O–H groups in total. The van der Waals surface area contributed by atoms with Gasteiger partial charge >= 0.3 is 0 Å². The first-order valence-corrected chi connectivity index (χ1v) is 8.93. The Morgan fingerprint density at radius 1 is 1.11 bits per heavy atom. The third-order valence-corrected chi connectivity index (χ3v) is 4.90. The van der Waals surface area contributed by atoms with Crippen molar-refractivity contribution in [2.45, 2.75) is 32.9 Å². The van der Waals surface area contributed by atoms with E-state index < -0.39 is 22.6 Å². The molecule has 3 aromatic rings. The number of nitrogens with one attached hydrogen (secondary N) is 3. The van der Waals surface area contributed by atoms with Crippen molar-refractivity contribution in [2.75, 3.05) is 10.6 Å². The molecule has 8 heteroatoms. The summed E-state index contributed by atoms with van der Waals surface area (Å²) in [6.07, 6.45) is 0.600. The van der Waals surface area contributed by atoms with E-state index in [1.165, 1.54) is 12.1 Å². The summed E-state index contributed by atoms with van der Waals surface area (Å²) >= 11 is 0. The van der Waals surface area contributed by atoms with Crippen LogP contribution in [0, 0.1) is 12.7 Å². The van der Waals surface area contributed by atoms with Gasteiger partial charge in [0.25, 0.3) is 16.8 Å². The van der Waals surface area contributed by atoms with E-state index >= 15 is 0 Å². The van der Waals surface area contributed by atoms with Crippen LogP contribution in [0.3, 0.4) is 0 Å². The summed E-state index contributed by atoms with van der Waals surface area (Å²) < 4.78 is 20.0. The van der Waals surface area contributed by atoms with E-state index in [2.05, 4.69) is 16.0 Å². The van der Waals surface area contributed by atoms with Crippen LogP contribution < -0.4 is 26.8 Å². The fraction of sp³-hybridized carbons (Fsp3) is 0.250. The number of rotatable bonds is 6. The van der Waals surface area contributed by atoms with E-state index in [1.807, 2.05) is 19.9 Å². The number of carbonyl (C=O) groups excluding carboxylic acids is 1. The van der Waals surface area contributed by atoms with E-state index in [-0.39, 0.29) is 35.2 Å². The molecule has 4 rings (SSSR count).